The molecular formula is C28H18F2IrN2-2. The molecule has 0 amide bonds. The Morgan fingerprint density at radius 1 is 0.636 bits per heavy atom. The van der Waals surface area contributed by atoms with Crippen molar-refractivity contribution in [1.82, 2.24) is 9.97 Å². The Balaban J connectivity index is 0.000000202. The fraction of sp³-hybridized carbons (Fsp3) is 0. The molecule has 0 aliphatic heterocycles. The first kappa shape index (κ1) is 24.1. The maximum atomic E-state index is 13.6. The van der Waals surface area contributed by atoms with Gasteiger partial charge >= 0.3 is 0 Å². The fourth-order valence-electron chi connectivity index (χ4n) is 3.05. The van der Waals surface area contributed by atoms with Gasteiger partial charge in [-0.25, -0.2) is 4.39 Å². The average molecular weight is 613 g/mol. The standard InChI is InChI=1S/C17H10F2N.C11H8N.Ir/c18-14-7-8-16(19)15(10-14)17-9-6-13(11-20-17)12-4-2-1-3-5-12;1-2-6-10(7-3-1)11-8-4-5-9-12-11;/h1-9,11H;1-6,8-9H;/q2*-1;. The van der Waals surface area contributed by atoms with Crippen LogP contribution in [0.4, 0.5) is 8.78 Å². The van der Waals surface area contributed by atoms with Crippen molar-refractivity contribution < 1.29 is 28.9 Å². The van der Waals surface area contributed by atoms with E-state index in [1.807, 2.05) is 78.9 Å². The Morgan fingerprint density at radius 2 is 1.42 bits per heavy atom. The van der Waals surface area contributed by atoms with Crippen LogP contribution in [0, 0.1) is 23.8 Å². The van der Waals surface area contributed by atoms with Crippen LogP contribution in [-0.2, 0) is 20.1 Å². The molecule has 3 aromatic carbocycles. The number of benzene rings is 3. The molecular weight excluding hydrogens is 595 g/mol. The van der Waals surface area contributed by atoms with Crippen molar-refractivity contribution in [3.05, 3.63) is 133 Å². The number of aromatic nitrogens is 2. The molecule has 33 heavy (non-hydrogen) atoms. The predicted octanol–water partition coefficient (Wildman–Crippen LogP) is 7.04. The Hall–Kier alpha value is -3.53. The zero-order chi connectivity index (χ0) is 22.2. The van der Waals surface area contributed by atoms with Crippen LogP contribution < -0.4 is 0 Å². The summed E-state index contributed by atoms with van der Waals surface area (Å²) in [4.78, 5) is 8.41. The van der Waals surface area contributed by atoms with E-state index in [0.717, 1.165) is 34.5 Å². The normalized spacial score (nSPS) is 9.88. The van der Waals surface area contributed by atoms with Crippen LogP contribution in [0.5, 0.6) is 0 Å². The molecule has 0 saturated carbocycles. The van der Waals surface area contributed by atoms with Gasteiger partial charge in [-0.2, -0.15) is 0 Å². The number of hydrogen-bond donors (Lipinski definition) is 0. The zero-order valence-corrected chi connectivity index (χ0v) is 19.8. The van der Waals surface area contributed by atoms with Crippen molar-refractivity contribution in [1.29, 1.82) is 0 Å². The molecule has 0 aliphatic carbocycles. The Kier molecular flexibility index (Phi) is 8.70. The van der Waals surface area contributed by atoms with Crippen LogP contribution in [0.3, 0.4) is 0 Å². The summed E-state index contributed by atoms with van der Waals surface area (Å²) in [6.07, 6.45) is 3.43. The summed E-state index contributed by atoms with van der Waals surface area (Å²) >= 11 is 0. The number of pyridine rings is 2. The van der Waals surface area contributed by atoms with E-state index in [1.54, 1.807) is 18.5 Å². The zero-order valence-electron chi connectivity index (χ0n) is 17.4. The van der Waals surface area contributed by atoms with Crippen LogP contribution in [-0.4, -0.2) is 9.97 Å². The number of hydrogen-bond acceptors (Lipinski definition) is 2. The second-order valence-corrected chi connectivity index (χ2v) is 6.82. The third-order valence-electron chi connectivity index (χ3n) is 4.64. The maximum absolute atomic E-state index is 13.6. The van der Waals surface area contributed by atoms with Gasteiger partial charge < -0.3 is 9.97 Å². The first-order chi connectivity index (χ1) is 15.7. The maximum Gasteiger partial charge on any atom is 0.0407 e. The predicted molar refractivity (Wildman–Crippen MR) is 122 cm³/mol. The summed E-state index contributed by atoms with van der Waals surface area (Å²) in [6.45, 7) is 0. The van der Waals surface area contributed by atoms with Crippen LogP contribution in [0.25, 0.3) is 33.6 Å². The molecule has 0 N–H and O–H groups in total. The van der Waals surface area contributed by atoms with Gasteiger partial charge in [-0.05, 0) is 28.6 Å². The van der Waals surface area contributed by atoms with E-state index in [2.05, 4.69) is 22.1 Å². The monoisotopic (exact) mass is 613 g/mol. The number of nitrogens with zero attached hydrogens (tertiary/aromatic N) is 2. The fourth-order valence-corrected chi connectivity index (χ4v) is 3.05. The molecule has 5 aromatic rings. The van der Waals surface area contributed by atoms with Gasteiger partial charge in [0.05, 0.1) is 0 Å². The van der Waals surface area contributed by atoms with Gasteiger partial charge in [0.15, 0.2) is 0 Å². The van der Waals surface area contributed by atoms with Gasteiger partial charge in [0, 0.05) is 44.1 Å². The van der Waals surface area contributed by atoms with Gasteiger partial charge in [-0.15, -0.1) is 54.1 Å². The molecule has 0 unspecified atom stereocenters. The molecule has 0 saturated heterocycles. The Morgan fingerprint density at radius 3 is 2.09 bits per heavy atom. The second-order valence-electron chi connectivity index (χ2n) is 6.82. The van der Waals surface area contributed by atoms with Crippen LogP contribution in [0.1, 0.15) is 0 Å². The third-order valence-corrected chi connectivity index (χ3v) is 4.64. The Labute approximate surface area is 205 Å². The minimum absolute atomic E-state index is 0. The van der Waals surface area contributed by atoms with Gasteiger partial charge in [-0.3, -0.25) is 4.39 Å². The van der Waals surface area contributed by atoms with Crippen LogP contribution in [0.2, 0.25) is 0 Å². The minimum Gasteiger partial charge on any atom is -0.305 e. The van der Waals surface area contributed by atoms with E-state index < -0.39 is 11.6 Å². The van der Waals surface area contributed by atoms with Crippen molar-refractivity contribution in [3.8, 4) is 33.6 Å². The largest absolute Gasteiger partial charge is 0.305 e. The first-order valence-electron chi connectivity index (χ1n) is 9.98. The average Bonchev–Trinajstić information content (AvgIpc) is 2.88. The van der Waals surface area contributed by atoms with E-state index >= 15 is 0 Å². The van der Waals surface area contributed by atoms with Gasteiger partial charge in [0.2, 0.25) is 0 Å². The molecule has 2 aromatic heterocycles. The molecule has 165 valence electrons. The molecule has 5 rings (SSSR count). The van der Waals surface area contributed by atoms with Gasteiger partial charge in [0.25, 0.3) is 0 Å². The molecule has 0 spiro atoms. The smallest absolute Gasteiger partial charge is 0.0407 e. The molecule has 2 heterocycles. The summed E-state index contributed by atoms with van der Waals surface area (Å²) in [5, 5.41) is 0. The van der Waals surface area contributed by atoms with E-state index in [1.165, 1.54) is 0 Å². The minimum atomic E-state index is -0.602. The van der Waals surface area contributed by atoms with E-state index in [4.69, 9.17) is 0 Å². The molecule has 5 heteroatoms. The quantitative estimate of drug-likeness (QED) is 0.204. The first-order valence-corrected chi connectivity index (χ1v) is 9.98. The van der Waals surface area contributed by atoms with E-state index in [-0.39, 0.29) is 25.7 Å². The van der Waals surface area contributed by atoms with Gasteiger partial charge in [0.1, 0.15) is 0 Å². The molecule has 0 atom stereocenters. The summed E-state index contributed by atoms with van der Waals surface area (Å²) in [7, 11) is 0. The van der Waals surface area contributed by atoms with Crippen molar-refractivity contribution in [2.75, 3.05) is 0 Å². The van der Waals surface area contributed by atoms with E-state index in [0.29, 0.717) is 5.69 Å². The Bertz CT molecular complexity index is 1230. The summed E-state index contributed by atoms with van der Waals surface area (Å²) < 4.78 is 26.8. The SMILES string of the molecule is Fc1[c-]c(-c2ccc(-c3ccccc3)cn2)c(F)cc1.[Ir].[c-]1ccccc1-c1ccccn1. The summed E-state index contributed by atoms with van der Waals surface area (Å²) in [5.74, 6) is -1.14. The van der Waals surface area contributed by atoms with Crippen molar-refractivity contribution in [2.45, 2.75) is 0 Å². The number of rotatable bonds is 3. The summed E-state index contributed by atoms with van der Waals surface area (Å²) in [6, 6.07) is 34.5. The van der Waals surface area contributed by atoms with Crippen molar-refractivity contribution >= 4 is 0 Å². The number of halogens is 2. The summed E-state index contributed by atoms with van der Waals surface area (Å²) in [5.41, 5.74) is 4.36. The molecule has 0 aliphatic rings. The van der Waals surface area contributed by atoms with E-state index in [9.17, 15) is 8.78 Å². The molecule has 0 bridgehead atoms. The molecule has 2 nitrogen and oxygen atoms in total. The molecule has 0 fully saturated rings. The van der Waals surface area contributed by atoms with Crippen molar-refractivity contribution in [2.24, 2.45) is 0 Å². The topological polar surface area (TPSA) is 25.8 Å². The van der Waals surface area contributed by atoms with Crippen LogP contribution >= 0.6 is 0 Å². The van der Waals surface area contributed by atoms with Crippen molar-refractivity contribution in [3.63, 3.8) is 0 Å². The molecule has 1 radical (unpaired) electrons. The van der Waals surface area contributed by atoms with Crippen LogP contribution in [0.15, 0.2) is 109 Å². The second kappa shape index (κ2) is 11.9. The van der Waals surface area contributed by atoms with Gasteiger partial charge in [-0.1, -0.05) is 60.2 Å². The third kappa shape index (κ3) is 6.48.